The lowest BCUT2D eigenvalue weighted by atomic mass is 10.1. The molecule has 0 spiro atoms. The number of imidazole rings is 1. The van der Waals surface area contributed by atoms with Crippen molar-refractivity contribution in [2.45, 2.75) is 25.8 Å². The van der Waals surface area contributed by atoms with Crippen molar-refractivity contribution < 1.29 is 0 Å². The second-order valence-electron chi connectivity index (χ2n) is 4.20. The molecule has 5 heteroatoms. The Morgan fingerprint density at radius 1 is 1.50 bits per heavy atom. The number of rotatable bonds is 4. The van der Waals surface area contributed by atoms with Gasteiger partial charge in [0.25, 0.3) is 0 Å². The monoisotopic (exact) mass is 327 g/mol. The molecule has 0 fully saturated rings. The van der Waals surface area contributed by atoms with E-state index < -0.39 is 0 Å². The van der Waals surface area contributed by atoms with E-state index in [1.165, 1.54) is 0 Å². The number of aromatic nitrogens is 2. The summed E-state index contributed by atoms with van der Waals surface area (Å²) in [6.07, 6.45) is 3.73. The molecule has 0 amide bonds. The quantitative estimate of drug-likeness (QED) is 0.879. The summed E-state index contributed by atoms with van der Waals surface area (Å²) in [5.74, 6) is 0.811. The van der Waals surface area contributed by atoms with E-state index in [0.29, 0.717) is 5.02 Å². The lowest BCUT2D eigenvalue weighted by Crippen LogP contribution is -2.11. The van der Waals surface area contributed by atoms with Crippen molar-refractivity contribution in [1.82, 2.24) is 9.97 Å². The Bertz CT molecular complexity index is 539. The van der Waals surface area contributed by atoms with E-state index in [4.69, 9.17) is 17.3 Å². The van der Waals surface area contributed by atoms with Crippen molar-refractivity contribution in [1.29, 1.82) is 0 Å². The molecule has 18 heavy (non-hydrogen) atoms. The summed E-state index contributed by atoms with van der Waals surface area (Å²) in [6, 6.07) is 5.73. The van der Waals surface area contributed by atoms with E-state index in [9.17, 15) is 0 Å². The third-order valence-electron chi connectivity index (χ3n) is 2.77. The van der Waals surface area contributed by atoms with Crippen LogP contribution in [0.2, 0.25) is 5.02 Å². The van der Waals surface area contributed by atoms with Crippen molar-refractivity contribution in [2.24, 2.45) is 5.73 Å². The minimum Gasteiger partial charge on any atom is -0.341 e. The van der Waals surface area contributed by atoms with Crippen molar-refractivity contribution in [2.75, 3.05) is 0 Å². The number of aromatic amines is 1. The Kier molecular flexibility index (Phi) is 4.43. The Labute approximate surface area is 120 Å². The first-order valence-corrected chi connectivity index (χ1v) is 7.04. The maximum atomic E-state index is 6.21. The van der Waals surface area contributed by atoms with Gasteiger partial charge in [-0.3, -0.25) is 0 Å². The molecule has 0 aliphatic rings. The highest BCUT2D eigenvalue weighted by Gasteiger charge is 2.11. The molecule has 0 saturated carbocycles. The van der Waals surface area contributed by atoms with Crippen LogP contribution in [0.5, 0.6) is 0 Å². The number of halogens is 2. The largest absolute Gasteiger partial charge is 0.341 e. The Morgan fingerprint density at radius 3 is 2.94 bits per heavy atom. The molecule has 0 radical (unpaired) electrons. The second kappa shape index (κ2) is 5.87. The van der Waals surface area contributed by atoms with Crippen LogP contribution in [0.15, 0.2) is 28.9 Å². The summed E-state index contributed by atoms with van der Waals surface area (Å²) in [4.78, 5) is 7.56. The molecule has 3 N–H and O–H groups in total. The van der Waals surface area contributed by atoms with Gasteiger partial charge in [-0.05, 0) is 18.6 Å². The van der Waals surface area contributed by atoms with E-state index in [-0.39, 0.29) is 6.04 Å². The van der Waals surface area contributed by atoms with Crippen LogP contribution in [0.3, 0.4) is 0 Å². The molecule has 1 aromatic carbocycles. The Balaban J connectivity index is 2.29. The second-order valence-corrected chi connectivity index (χ2v) is 5.52. The van der Waals surface area contributed by atoms with Crippen LogP contribution in [-0.2, 0) is 0 Å². The zero-order chi connectivity index (χ0) is 13.1. The minimum absolute atomic E-state index is 0.0435. The number of nitrogens with zero attached hydrogens (tertiary/aromatic N) is 1. The first-order valence-electron chi connectivity index (χ1n) is 5.87. The number of nitrogens with two attached hydrogens (primary N) is 1. The highest BCUT2D eigenvalue weighted by molar-refractivity contribution is 9.10. The number of benzene rings is 1. The van der Waals surface area contributed by atoms with Gasteiger partial charge in [-0.1, -0.05) is 46.9 Å². The molecule has 0 aliphatic heterocycles. The summed E-state index contributed by atoms with van der Waals surface area (Å²) in [5.41, 5.74) is 7.85. The van der Waals surface area contributed by atoms with Crippen molar-refractivity contribution in [3.05, 3.63) is 39.7 Å². The lowest BCUT2D eigenvalue weighted by molar-refractivity contribution is 0.609. The highest BCUT2D eigenvalue weighted by atomic mass is 79.9. The van der Waals surface area contributed by atoms with Gasteiger partial charge >= 0.3 is 0 Å². The maximum Gasteiger partial charge on any atom is 0.123 e. The summed E-state index contributed by atoms with van der Waals surface area (Å²) in [7, 11) is 0. The third-order valence-corrected chi connectivity index (χ3v) is 3.57. The molecule has 0 aliphatic carbocycles. The molecule has 0 bridgehead atoms. The molecule has 2 rings (SSSR count). The fourth-order valence-electron chi connectivity index (χ4n) is 1.82. The minimum atomic E-state index is -0.0435. The van der Waals surface area contributed by atoms with Gasteiger partial charge in [-0.25, -0.2) is 4.98 Å². The van der Waals surface area contributed by atoms with E-state index in [2.05, 4.69) is 32.8 Å². The van der Waals surface area contributed by atoms with E-state index >= 15 is 0 Å². The molecule has 1 heterocycles. The highest BCUT2D eigenvalue weighted by Crippen LogP contribution is 2.29. The zero-order valence-corrected chi connectivity index (χ0v) is 12.4. The van der Waals surface area contributed by atoms with E-state index in [1.54, 1.807) is 6.20 Å². The summed E-state index contributed by atoms with van der Waals surface area (Å²) in [5, 5.41) is 0.684. The van der Waals surface area contributed by atoms with Gasteiger partial charge < -0.3 is 10.7 Å². The topological polar surface area (TPSA) is 54.7 Å². The number of nitrogens with one attached hydrogen (secondary N) is 1. The standard InChI is InChI=1S/C13H15BrClN3/c1-2-3-11(16)13-17-7-12(18-13)9-5-4-8(14)6-10(9)15/h4-7,11H,2-3,16H2,1H3,(H,17,18). The fourth-order valence-corrected chi connectivity index (χ4v) is 2.59. The van der Waals surface area contributed by atoms with Gasteiger partial charge in [0.2, 0.25) is 0 Å². The predicted octanol–water partition coefficient (Wildman–Crippen LogP) is 4.29. The molecular weight excluding hydrogens is 314 g/mol. The van der Waals surface area contributed by atoms with Gasteiger partial charge in [0, 0.05) is 10.0 Å². The summed E-state index contributed by atoms with van der Waals surface area (Å²) < 4.78 is 0.957. The number of H-pyrrole nitrogens is 1. The predicted molar refractivity (Wildman–Crippen MR) is 78.6 cm³/mol. The van der Waals surface area contributed by atoms with Crippen LogP contribution < -0.4 is 5.73 Å². The number of hydrogen-bond donors (Lipinski definition) is 2. The van der Waals surface area contributed by atoms with Crippen LogP contribution in [0.1, 0.15) is 31.6 Å². The Hall–Kier alpha value is -0.840. The van der Waals surface area contributed by atoms with Gasteiger partial charge in [0.15, 0.2) is 0 Å². The SMILES string of the molecule is CCCC(N)c1ncc(-c2ccc(Br)cc2Cl)[nH]1. The summed E-state index contributed by atoms with van der Waals surface area (Å²) >= 11 is 9.59. The van der Waals surface area contributed by atoms with Crippen LogP contribution in [0.4, 0.5) is 0 Å². The zero-order valence-electron chi connectivity index (χ0n) is 10.1. The van der Waals surface area contributed by atoms with Gasteiger partial charge in [-0.2, -0.15) is 0 Å². The Morgan fingerprint density at radius 2 is 2.28 bits per heavy atom. The van der Waals surface area contributed by atoms with E-state index in [0.717, 1.165) is 34.4 Å². The van der Waals surface area contributed by atoms with Gasteiger partial charge in [-0.15, -0.1) is 0 Å². The van der Waals surface area contributed by atoms with Crippen molar-refractivity contribution in [3.8, 4) is 11.3 Å². The van der Waals surface area contributed by atoms with Crippen LogP contribution in [0.25, 0.3) is 11.3 Å². The average molecular weight is 329 g/mol. The van der Waals surface area contributed by atoms with Crippen molar-refractivity contribution in [3.63, 3.8) is 0 Å². The smallest absolute Gasteiger partial charge is 0.123 e. The number of hydrogen-bond acceptors (Lipinski definition) is 2. The van der Waals surface area contributed by atoms with Gasteiger partial charge in [0.1, 0.15) is 5.82 Å². The summed E-state index contributed by atoms with van der Waals surface area (Å²) in [6.45, 7) is 2.11. The maximum absolute atomic E-state index is 6.21. The molecular formula is C13H15BrClN3. The molecule has 96 valence electrons. The van der Waals surface area contributed by atoms with Crippen LogP contribution in [-0.4, -0.2) is 9.97 Å². The average Bonchev–Trinajstić information content (AvgIpc) is 2.78. The van der Waals surface area contributed by atoms with Crippen LogP contribution >= 0.6 is 27.5 Å². The molecule has 1 aromatic heterocycles. The fraction of sp³-hybridized carbons (Fsp3) is 0.308. The van der Waals surface area contributed by atoms with Gasteiger partial charge in [0.05, 0.1) is 23.0 Å². The van der Waals surface area contributed by atoms with Crippen molar-refractivity contribution >= 4 is 27.5 Å². The molecule has 3 nitrogen and oxygen atoms in total. The normalized spacial score (nSPS) is 12.7. The molecule has 1 atom stereocenters. The molecule has 0 saturated heterocycles. The first-order chi connectivity index (χ1) is 8.61. The molecule has 2 aromatic rings. The van der Waals surface area contributed by atoms with Crippen LogP contribution in [0, 0.1) is 0 Å². The third kappa shape index (κ3) is 2.94. The first kappa shape index (κ1) is 13.6. The molecule has 1 unspecified atom stereocenters. The lowest BCUT2D eigenvalue weighted by Gasteiger charge is -2.06. The van der Waals surface area contributed by atoms with E-state index in [1.807, 2.05) is 18.2 Å².